The first kappa shape index (κ1) is 15.0. The van der Waals surface area contributed by atoms with E-state index in [0.29, 0.717) is 17.6 Å². The van der Waals surface area contributed by atoms with Crippen molar-refractivity contribution in [1.82, 2.24) is 10.6 Å². The highest BCUT2D eigenvalue weighted by atomic mass is 79.9. The third kappa shape index (κ3) is 8.28. The van der Waals surface area contributed by atoms with Gasteiger partial charge < -0.3 is 15.7 Å². The highest BCUT2D eigenvalue weighted by Crippen LogP contribution is 2.06. The van der Waals surface area contributed by atoms with Gasteiger partial charge in [0.2, 0.25) is 0 Å². The maximum atomic E-state index is 11.2. The van der Waals surface area contributed by atoms with Crippen molar-refractivity contribution in [2.24, 2.45) is 5.92 Å². The van der Waals surface area contributed by atoms with Crippen molar-refractivity contribution in [3.8, 4) is 0 Å². The van der Waals surface area contributed by atoms with Crippen molar-refractivity contribution in [3.05, 3.63) is 11.1 Å². The molecule has 0 aliphatic heterocycles. The zero-order valence-electron chi connectivity index (χ0n) is 9.25. The molecule has 2 amide bonds. The third-order valence-corrected chi connectivity index (χ3v) is 2.31. The SMILES string of the molecule is C=C(Br)CNC(=O)NCC(CC)CC(=O)O. The molecule has 5 nitrogen and oxygen atoms in total. The second-order valence-electron chi connectivity index (χ2n) is 3.45. The molecule has 0 aromatic heterocycles. The fourth-order valence-corrected chi connectivity index (χ4v) is 1.22. The molecule has 1 unspecified atom stereocenters. The summed E-state index contributed by atoms with van der Waals surface area (Å²) < 4.78 is 0.681. The quantitative estimate of drug-likeness (QED) is 0.668. The zero-order valence-corrected chi connectivity index (χ0v) is 10.8. The van der Waals surface area contributed by atoms with Crippen LogP contribution in [0.2, 0.25) is 0 Å². The van der Waals surface area contributed by atoms with Gasteiger partial charge in [-0.05, 0) is 5.92 Å². The van der Waals surface area contributed by atoms with Crippen molar-refractivity contribution in [3.63, 3.8) is 0 Å². The molecular formula is C10H17BrN2O3. The van der Waals surface area contributed by atoms with Gasteiger partial charge in [-0.1, -0.05) is 35.9 Å². The molecule has 0 bridgehead atoms. The molecule has 0 radical (unpaired) electrons. The molecule has 0 aromatic rings. The maximum Gasteiger partial charge on any atom is 0.315 e. The van der Waals surface area contributed by atoms with Crippen molar-refractivity contribution in [1.29, 1.82) is 0 Å². The van der Waals surface area contributed by atoms with Gasteiger partial charge in [0.15, 0.2) is 0 Å². The molecule has 0 fully saturated rings. The minimum Gasteiger partial charge on any atom is -0.481 e. The van der Waals surface area contributed by atoms with E-state index >= 15 is 0 Å². The van der Waals surface area contributed by atoms with E-state index in [1.807, 2.05) is 6.92 Å². The van der Waals surface area contributed by atoms with Gasteiger partial charge in [0.1, 0.15) is 0 Å². The van der Waals surface area contributed by atoms with Crippen LogP contribution in [0.15, 0.2) is 11.1 Å². The molecule has 0 saturated heterocycles. The summed E-state index contributed by atoms with van der Waals surface area (Å²) in [5, 5.41) is 13.8. The minimum atomic E-state index is -0.845. The van der Waals surface area contributed by atoms with E-state index in [9.17, 15) is 9.59 Å². The average molecular weight is 293 g/mol. The normalized spacial score (nSPS) is 11.6. The van der Waals surface area contributed by atoms with Crippen LogP contribution in [0.5, 0.6) is 0 Å². The zero-order chi connectivity index (χ0) is 12.6. The van der Waals surface area contributed by atoms with Crippen molar-refractivity contribution >= 4 is 27.9 Å². The summed E-state index contributed by atoms with van der Waals surface area (Å²) in [7, 11) is 0. The Morgan fingerprint density at radius 2 is 2.06 bits per heavy atom. The van der Waals surface area contributed by atoms with E-state index < -0.39 is 5.97 Å². The number of nitrogens with one attached hydrogen (secondary N) is 2. The molecule has 6 heteroatoms. The Hall–Kier alpha value is -1.04. The van der Waals surface area contributed by atoms with Crippen LogP contribution in [-0.2, 0) is 4.79 Å². The lowest BCUT2D eigenvalue weighted by Crippen LogP contribution is -2.39. The first-order chi connectivity index (χ1) is 7.45. The Kier molecular flexibility index (Phi) is 7.62. The fourth-order valence-electron chi connectivity index (χ4n) is 1.08. The van der Waals surface area contributed by atoms with E-state index in [4.69, 9.17) is 5.11 Å². The average Bonchev–Trinajstić information content (AvgIpc) is 2.20. The number of urea groups is 1. The first-order valence-electron chi connectivity index (χ1n) is 5.02. The monoisotopic (exact) mass is 292 g/mol. The Labute approximate surface area is 103 Å². The molecule has 0 spiro atoms. The molecule has 1 atom stereocenters. The largest absolute Gasteiger partial charge is 0.481 e. The second kappa shape index (κ2) is 8.15. The highest BCUT2D eigenvalue weighted by molar-refractivity contribution is 9.11. The third-order valence-electron chi connectivity index (χ3n) is 2.03. The number of rotatable bonds is 7. The molecule has 0 saturated carbocycles. The van der Waals surface area contributed by atoms with E-state index in [-0.39, 0.29) is 18.4 Å². The number of carboxylic acids is 1. The number of carbonyl (C=O) groups is 2. The van der Waals surface area contributed by atoms with Crippen LogP contribution in [0.4, 0.5) is 4.79 Å². The topological polar surface area (TPSA) is 78.4 Å². The van der Waals surface area contributed by atoms with Crippen molar-refractivity contribution < 1.29 is 14.7 Å². The first-order valence-corrected chi connectivity index (χ1v) is 5.81. The summed E-state index contributed by atoms with van der Waals surface area (Å²) in [6.45, 7) is 6.18. The number of amides is 2. The van der Waals surface area contributed by atoms with Gasteiger partial charge in [-0.2, -0.15) is 0 Å². The number of hydrogen-bond acceptors (Lipinski definition) is 2. The van der Waals surface area contributed by atoms with E-state index in [1.54, 1.807) is 0 Å². The molecule has 0 aliphatic rings. The Bertz CT molecular complexity index is 269. The van der Waals surface area contributed by atoms with Gasteiger partial charge in [0, 0.05) is 17.4 Å². The summed E-state index contributed by atoms with van der Waals surface area (Å²) in [5.41, 5.74) is 0. The van der Waals surface area contributed by atoms with E-state index in [0.717, 1.165) is 6.42 Å². The van der Waals surface area contributed by atoms with Gasteiger partial charge in [-0.25, -0.2) is 4.79 Å². The summed E-state index contributed by atoms with van der Waals surface area (Å²) in [5.74, 6) is -0.877. The molecule has 3 N–H and O–H groups in total. The summed E-state index contributed by atoms with van der Waals surface area (Å²) in [4.78, 5) is 21.7. The number of carboxylic acid groups (broad SMARTS) is 1. The smallest absolute Gasteiger partial charge is 0.315 e. The summed E-state index contributed by atoms with van der Waals surface area (Å²) in [6, 6.07) is -0.315. The van der Waals surface area contributed by atoms with Crippen LogP contribution < -0.4 is 10.6 Å². The lowest BCUT2D eigenvalue weighted by molar-refractivity contribution is -0.138. The lowest BCUT2D eigenvalue weighted by Gasteiger charge is -2.13. The summed E-state index contributed by atoms with van der Waals surface area (Å²) in [6.07, 6.45) is 0.791. The number of halogens is 1. The van der Waals surface area contributed by atoms with E-state index in [2.05, 4.69) is 33.1 Å². The Balaban J connectivity index is 3.79. The number of hydrogen-bond donors (Lipinski definition) is 3. The van der Waals surface area contributed by atoms with Gasteiger partial charge in [0.05, 0.1) is 6.54 Å². The van der Waals surface area contributed by atoms with Gasteiger partial charge in [-0.3, -0.25) is 4.79 Å². The number of aliphatic carboxylic acids is 1. The van der Waals surface area contributed by atoms with Crippen LogP contribution in [0, 0.1) is 5.92 Å². The van der Waals surface area contributed by atoms with Crippen LogP contribution >= 0.6 is 15.9 Å². The molecule has 92 valence electrons. The van der Waals surface area contributed by atoms with Gasteiger partial charge in [-0.15, -0.1) is 0 Å². The van der Waals surface area contributed by atoms with Crippen LogP contribution in [-0.4, -0.2) is 30.2 Å². The minimum absolute atomic E-state index is 0.0320. The van der Waals surface area contributed by atoms with Crippen molar-refractivity contribution in [2.45, 2.75) is 19.8 Å². The molecule has 0 rings (SSSR count). The highest BCUT2D eigenvalue weighted by Gasteiger charge is 2.12. The van der Waals surface area contributed by atoms with Crippen LogP contribution in [0.3, 0.4) is 0 Å². The van der Waals surface area contributed by atoms with E-state index in [1.165, 1.54) is 0 Å². The standard InChI is InChI=1S/C10H17BrN2O3/c1-3-8(4-9(14)15)6-13-10(16)12-5-7(2)11/h8H,2-6H2,1H3,(H,14,15)(H2,12,13,16). The van der Waals surface area contributed by atoms with Crippen LogP contribution in [0.25, 0.3) is 0 Å². The van der Waals surface area contributed by atoms with Gasteiger partial charge >= 0.3 is 12.0 Å². The molecule has 0 heterocycles. The molecule has 16 heavy (non-hydrogen) atoms. The Morgan fingerprint density at radius 1 is 1.44 bits per heavy atom. The Morgan fingerprint density at radius 3 is 2.50 bits per heavy atom. The maximum absolute atomic E-state index is 11.2. The predicted molar refractivity (Wildman–Crippen MR) is 65.5 cm³/mol. The van der Waals surface area contributed by atoms with Crippen LogP contribution in [0.1, 0.15) is 19.8 Å². The van der Waals surface area contributed by atoms with Gasteiger partial charge in [0.25, 0.3) is 0 Å². The summed E-state index contributed by atoms with van der Waals surface area (Å²) >= 11 is 3.11. The van der Waals surface area contributed by atoms with Crippen molar-refractivity contribution in [2.75, 3.05) is 13.1 Å². The molecular weight excluding hydrogens is 276 g/mol. The molecule has 0 aliphatic carbocycles. The second-order valence-corrected chi connectivity index (χ2v) is 4.57. The predicted octanol–water partition coefficient (Wildman–Crippen LogP) is 1.70. The lowest BCUT2D eigenvalue weighted by atomic mass is 10.0. The number of carbonyl (C=O) groups excluding carboxylic acids is 1. The fraction of sp³-hybridized carbons (Fsp3) is 0.600. The molecule has 0 aromatic carbocycles.